The summed E-state index contributed by atoms with van der Waals surface area (Å²) in [7, 11) is 0. The molecule has 0 aromatic heterocycles. The lowest BCUT2D eigenvalue weighted by molar-refractivity contribution is -0.135. The SMILES string of the molecule is CC.CCCCCCN1c2ccc(/C=C/C=O)cc2CCc2cc(/C=C/C=O)ccc21.[C-]#[N+]/C(=C/C=C/c1ccc2c(c1)CCc1cc(/C=C/C=C(/C#N)OC=O)ccc1N2CCCCCC)C(=O)O.[C-]#[N+]CC(=O)O. The standard InChI is InChI=1S/C32H31N3O4.C26H29NO2.C3H3NO2.C2H6/c1-3-4-5-6-19-35-30-17-13-24(9-7-11-28(22-33)39-23-36)20-26(30)15-16-27-21-25(14-18-31(27)35)10-8-12-29(34-2)32(37)38;1-2-3-4-5-16-27-25-14-10-21(8-6-17-28)19-23(25)12-13-24-20-22(9-7-18-29)11-15-26(24)27;1-4-2-3(5)6;1-2/h7-14,17-18,20-21,23H,3-6,15-16,19H2,1H3,(H,37,38);6-11,14-15,17-20H,2-5,12-13,16H2,1H3;2H2,(H,5,6);1-2H3/b9-7+,10-8+,28-11-,29-12+;8-6+,9-7+;;. The van der Waals surface area contributed by atoms with Gasteiger partial charge in [-0.05, 0) is 156 Å². The Hall–Kier alpha value is -8.86. The van der Waals surface area contributed by atoms with Gasteiger partial charge < -0.3 is 29.6 Å². The van der Waals surface area contributed by atoms with E-state index in [9.17, 15) is 24.0 Å². The van der Waals surface area contributed by atoms with E-state index in [1.54, 1.807) is 24.3 Å². The minimum absolute atomic E-state index is 0.0710. The monoisotopic (exact) mass is 1020 g/mol. The zero-order chi connectivity index (χ0) is 55.5. The molecule has 0 saturated heterocycles. The third-order valence-electron chi connectivity index (χ3n) is 12.0. The topological polar surface area (TPSA) is 174 Å². The van der Waals surface area contributed by atoms with Crippen LogP contribution >= 0.6 is 0 Å². The summed E-state index contributed by atoms with van der Waals surface area (Å²) in [5, 5.41) is 25.7. The van der Waals surface area contributed by atoms with Gasteiger partial charge in [0.2, 0.25) is 5.76 Å². The third-order valence-corrected chi connectivity index (χ3v) is 12.0. The molecule has 0 atom stereocenters. The number of carboxylic acid groups (broad SMARTS) is 2. The van der Waals surface area contributed by atoms with E-state index in [1.165, 1.54) is 89.3 Å². The van der Waals surface area contributed by atoms with Crippen molar-refractivity contribution in [3.8, 4) is 6.07 Å². The predicted octanol–water partition coefficient (Wildman–Crippen LogP) is 13.9. The molecule has 2 heterocycles. The average Bonchev–Trinajstić information content (AvgIpc) is 3.68. The molecule has 2 N–H and O–H groups in total. The molecule has 13 heteroatoms. The molecular formula is C63H69N5O8. The second kappa shape index (κ2) is 35.3. The van der Waals surface area contributed by atoms with Gasteiger partial charge in [0.1, 0.15) is 18.6 Å². The molecule has 4 aromatic rings. The lowest BCUT2D eigenvalue weighted by Gasteiger charge is -2.27. The van der Waals surface area contributed by atoms with Gasteiger partial charge in [0, 0.05) is 35.8 Å². The van der Waals surface area contributed by atoms with E-state index in [0.717, 1.165) is 92.9 Å². The number of rotatable bonds is 22. The van der Waals surface area contributed by atoms with Crippen molar-refractivity contribution < 1.29 is 38.9 Å². The molecule has 2 aliphatic rings. The van der Waals surface area contributed by atoms with Crippen molar-refractivity contribution in [2.75, 3.05) is 29.4 Å². The number of carboxylic acids is 2. The van der Waals surface area contributed by atoms with E-state index in [-0.39, 0.29) is 17.9 Å². The van der Waals surface area contributed by atoms with Crippen LogP contribution in [0.25, 0.3) is 34.0 Å². The highest BCUT2D eigenvalue weighted by Crippen LogP contribution is 2.39. The van der Waals surface area contributed by atoms with Crippen LogP contribution in [0.15, 0.2) is 121 Å². The molecule has 0 radical (unpaired) electrons. The van der Waals surface area contributed by atoms with Crippen molar-refractivity contribution >= 4 is 78.0 Å². The van der Waals surface area contributed by atoms with Gasteiger partial charge in [0.25, 0.3) is 12.2 Å². The largest absolute Gasteiger partial charge is 0.486 e. The minimum Gasteiger partial charge on any atom is -0.486 e. The summed E-state index contributed by atoms with van der Waals surface area (Å²) in [6.45, 7) is 23.1. The zero-order valence-corrected chi connectivity index (χ0v) is 44.1. The van der Waals surface area contributed by atoms with E-state index in [4.69, 9.17) is 28.6 Å². The number of anilines is 4. The van der Waals surface area contributed by atoms with E-state index in [1.807, 2.05) is 56.4 Å². The first-order valence-electron chi connectivity index (χ1n) is 25.8. The fraction of sp³-hybridized carbons (Fsp3) is 0.302. The Morgan fingerprint density at radius 2 is 0.987 bits per heavy atom. The van der Waals surface area contributed by atoms with E-state index in [2.05, 4.69) is 98.7 Å². The van der Waals surface area contributed by atoms with Crippen LogP contribution in [0.3, 0.4) is 0 Å². The molecule has 0 fully saturated rings. The van der Waals surface area contributed by atoms with E-state index in [0.29, 0.717) is 0 Å². The third kappa shape index (κ3) is 20.2. The average molecular weight is 1020 g/mol. The van der Waals surface area contributed by atoms with Crippen molar-refractivity contribution in [3.05, 3.63) is 188 Å². The number of aryl methyl sites for hydroxylation is 4. The van der Waals surface area contributed by atoms with Gasteiger partial charge in [0.05, 0.1) is 6.57 Å². The number of nitrogens with zero attached hydrogens (tertiary/aromatic N) is 5. The molecule has 0 bridgehead atoms. The number of benzene rings is 4. The lowest BCUT2D eigenvalue weighted by Crippen LogP contribution is -2.19. The summed E-state index contributed by atoms with van der Waals surface area (Å²) in [5.41, 5.74) is 13.6. The van der Waals surface area contributed by atoms with Gasteiger partial charge >= 0.3 is 18.5 Å². The Morgan fingerprint density at radius 3 is 1.28 bits per heavy atom. The molecule has 0 aliphatic carbocycles. The molecule has 0 spiro atoms. The molecule has 0 amide bonds. The predicted molar refractivity (Wildman–Crippen MR) is 305 cm³/mol. The Morgan fingerprint density at radius 1 is 0.605 bits per heavy atom. The number of aldehydes is 2. The van der Waals surface area contributed by atoms with Crippen LogP contribution < -0.4 is 9.80 Å². The summed E-state index contributed by atoms with van der Waals surface area (Å²) >= 11 is 0. The molecule has 76 heavy (non-hydrogen) atoms. The zero-order valence-electron chi connectivity index (χ0n) is 44.1. The van der Waals surface area contributed by atoms with Crippen molar-refractivity contribution in [1.29, 1.82) is 5.26 Å². The Kier molecular flexibility index (Phi) is 28.6. The first-order valence-corrected chi connectivity index (χ1v) is 25.8. The summed E-state index contributed by atoms with van der Waals surface area (Å²) in [4.78, 5) is 62.8. The van der Waals surface area contributed by atoms with Crippen molar-refractivity contribution in [3.63, 3.8) is 0 Å². The summed E-state index contributed by atoms with van der Waals surface area (Å²) in [5.74, 6) is -2.37. The highest BCUT2D eigenvalue weighted by Gasteiger charge is 2.22. The maximum atomic E-state index is 11.1. The highest BCUT2D eigenvalue weighted by molar-refractivity contribution is 5.89. The van der Waals surface area contributed by atoms with Crippen LogP contribution in [-0.2, 0) is 54.4 Å². The molecule has 0 unspecified atom stereocenters. The summed E-state index contributed by atoms with van der Waals surface area (Å²) in [6, 6.07) is 27.4. The number of carbonyl (C=O) groups is 5. The van der Waals surface area contributed by atoms with Crippen LogP contribution in [0.5, 0.6) is 0 Å². The molecule has 6 rings (SSSR count). The number of nitriles is 1. The fourth-order valence-electron chi connectivity index (χ4n) is 8.54. The molecule has 2 aliphatic heterocycles. The van der Waals surface area contributed by atoms with Gasteiger partial charge in [-0.25, -0.2) is 16.2 Å². The van der Waals surface area contributed by atoms with Crippen LogP contribution in [0.2, 0.25) is 0 Å². The Balaban J connectivity index is 0.000000361. The summed E-state index contributed by atoms with van der Waals surface area (Å²) < 4.78 is 4.62. The van der Waals surface area contributed by atoms with Gasteiger partial charge in [-0.1, -0.05) is 127 Å². The molecule has 0 saturated carbocycles. The molecular weight excluding hydrogens is 955 g/mol. The number of unbranched alkanes of at least 4 members (excludes halogenated alkanes) is 6. The maximum Gasteiger partial charge on any atom is 0.384 e. The highest BCUT2D eigenvalue weighted by atomic mass is 16.5. The van der Waals surface area contributed by atoms with Gasteiger partial charge in [-0.3, -0.25) is 19.2 Å². The number of fused-ring (bicyclic) bond motifs is 4. The number of allylic oxidation sites excluding steroid dienone is 7. The van der Waals surface area contributed by atoms with Crippen molar-refractivity contribution in [2.45, 2.75) is 105 Å². The number of hydrogen-bond acceptors (Lipinski definition) is 9. The second-order valence-corrected chi connectivity index (χ2v) is 17.2. The van der Waals surface area contributed by atoms with Crippen LogP contribution in [0.4, 0.5) is 22.7 Å². The van der Waals surface area contributed by atoms with Crippen LogP contribution in [0, 0.1) is 24.5 Å². The number of ether oxygens (including phenoxy) is 1. The first-order chi connectivity index (χ1) is 37.0. The van der Waals surface area contributed by atoms with Crippen LogP contribution in [-0.4, -0.2) is 60.8 Å². The van der Waals surface area contributed by atoms with E-state index >= 15 is 0 Å². The smallest absolute Gasteiger partial charge is 0.384 e. The second-order valence-electron chi connectivity index (χ2n) is 17.2. The molecule has 13 nitrogen and oxygen atoms in total. The van der Waals surface area contributed by atoms with Crippen molar-refractivity contribution in [2.24, 2.45) is 0 Å². The maximum absolute atomic E-state index is 11.1. The number of carbonyl (C=O) groups excluding carboxylic acids is 3. The number of hydrogen-bond donors (Lipinski definition) is 2. The van der Waals surface area contributed by atoms with Crippen LogP contribution in [0.1, 0.15) is 124 Å². The Bertz CT molecular complexity index is 2840. The Labute approximate surface area is 448 Å². The van der Waals surface area contributed by atoms with Gasteiger partial charge in [0.15, 0.2) is 0 Å². The first kappa shape index (κ1) is 61.4. The quantitative estimate of drug-likeness (QED) is 0.0146. The number of aliphatic carboxylic acids is 2. The van der Waals surface area contributed by atoms with Gasteiger partial charge in [-0.2, -0.15) is 5.26 Å². The van der Waals surface area contributed by atoms with Gasteiger partial charge in [-0.15, -0.1) is 0 Å². The molecule has 4 aromatic carbocycles. The fourth-order valence-corrected chi connectivity index (χ4v) is 8.54. The minimum atomic E-state index is -1.24. The lowest BCUT2D eigenvalue weighted by atomic mass is 10.0. The van der Waals surface area contributed by atoms with Crippen molar-refractivity contribution in [1.82, 2.24) is 0 Å². The summed E-state index contributed by atoms with van der Waals surface area (Å²) in [6.07, 6.45) is 31.3. The normalized spacial score (nSPS) is 12.5. The van der Waals surface area contributed by atoms with E-state index < -0.39 is 18.5 Å². The molecule has 394 valence electrons.